The summed E-state index contributed by atoms with van der Waals surface area (Å²) in [6.45, 7) is 14.3. The van der Waals surface area contributed by atoms with Crippen LogP contribution in [0.1, 0.15) is 53.1 Å². The van der Waals surface area contributed by atoms with Crippen LogP contribution in [0.15, 0.2) is 35.5 Å². The van der Waals surface area contributed by atoms with Crippen molar-refractivity contribution in [2.75, 3.05) is 46.4 Å². The number of nitrogens with zero attached hydrogens (tertiary/aromatic N) is 3. The number of carbonyl (C=O) groups is 3. The SMILES string of the molecule is CCOC(=O)C1=C(CN2CCN(C(=O)NC(C)(C)C)C(C)C2)N(CC)C(=O)NC1c1ccc(OC)cc1. The first kappa shape index (κ1) is 28.3. The first-order valence-electron chi connectivity index (χ1n) is 12.9. The number of urea groups is 2. The Bertz CT molecular complexity index is 1020. The predicted octanol–water partition coefficient (Wildman–Crippen LogP) is 3.11. The minimum Gasteiger partial charge on any atom is -0.497 e. The average molecular weight is 516 g/mol. The fourth-order valence-electron chi connectivity index (χ4n) is 4.79. The molecule has 10 nitrogen and oxygen atoms in total. The number of likely N-dealkylation sites (N-methyl/N-ethyl adjacent to an activating group) is 1. The van der Waals surface area contributed by atoms with Crippen LogP contribution in [0.25, 0.3) is 0 Å². The van der Waals surface area contributed by atoms with Gasteiger partial charge in [0.2, 0.25) is 0 Å². The van der Waals surface area contributed by atoms with Gasteiger partial charge < -0.3 is 25.0 Å². The molecule has 0 bridgehead atoms. The van der Waals surface area contributed by atoms with E-state index in [0.717, 1.165) is 5.56 Å². The number of piperazine rings is 1. The van der Waals surface area contributed by atoms with Crippen LogP contribution in [-0.4, -0.2) is 90.8 Å². The Morgan fingerprint density at radius 2 is 1.81 bits per heavy atom. The minimum atomic E-state index is -0.647. The van der Waals surface area contributed by atoms with Gasteiger partial charge in [0.15, 0.2) is 0 Å². The molecule has 1 aromatic rings. The van der Waals surface area contributed by atoms with Gasteiger partial charge in [0, 0.05) is 50.0 Å². The quantitative estimate of drug-likeness (QED) is 0.541. The van der Waals surface area contributed by atoms with Gasteiger partial charge in [-0.3, -0.25) is 9.80 Å². The van der Waals surface area contributed by atoms with Gasteiger partial charge in [-0.05, 0) is 59.2 Å². The summed E-state index contributed by atoms with van der Waals surface area (Å²) in [5.41, 5.74) is 1.50. The fourth-order valence-corrected chi connectivity index (χ4v) is 4.79. The van der Waals surface area contributed by atoms with Gasteiger partial charge in [-0.1, -0.05) is 12.1 Å². The molecule has 2 atom stereocenters. The van der Waals surface area contributed by atoms with E-state index in [9.17, 15) is 14.4 Å². The second-order valence-corrected chi connectivity index (χ2v) is 10.4. The summed E-state index contributed by atoms with van der Waals surface area (Å²) in [4.78, 5) is 44.9. The second kappa shape index (κ2) is 11.9. The summed E-state index contributed by atoms with van der Waals surface area (Å²) in [6, 6.07) is 6.27. The molecule has 4 amide bonds. The molecule has 0 saturated carbocycles. The lowest BCUT2D eigenvalue weighted by atomic mass is 9.94. The summed E-state index contributed by atoms with van der Waals surface area (Å²) in [5, 5.41) is 6.02. The van der Waals surface area contributed by atoms with E-state index in [-0.39, 0.29) is 30.2 Å². The lowest BCUT2D eigenvalue weighted by Crippen LogP contribution is -2.59. The number of hydrogen-bond acceptors (Lipinski definition) is 6. The smallest absolute Gasteiger partial charge is 0.338 e. The molecule has 0 radical (unpaired) electrons. The van der Waals surface area contributed by atoms with Crippen molar-refractivity contribution in [1.82, 2.24) is 25.3 Å². The third-order valence-electron chi connectivity index (χ3n) is 6.53. The van der Waals surface area contributed by atoms with Crippen LogP contribution < -0.4 is 15.4 Å². The summed E-state index contributed by atoms with van der Waals surface area (Å²) >= 11 is 0. The van der Waals surface area contributed by atoms with Crippen molar-refractivity contribution in [3.8, 4) is 5.75 Å². The highest BCUT2D eigenvalue weighted by molar-refractivity contribution is 5.95. The Morgan fingerprint density at radius 1 is 1.14 bits per heavy atom. The molecule has 0 aromatic heterocycles. The number of esters is 1. The van der Waals surface area contributed by atoms with Gasteiger partial charge in [0.05, 0.1) is 25.3 Å². The van der Waals surface area contributed by atoms with E-state index in [4.69, 9.17) is 9.47 Å². The van der Waals surface area contributed by atoms with Crippen molar-refractivity contribution >= 4 is 18.0 Å². The largest absolute Gasteiger partial charge is 0.497 e. The van der Waals surface area contributed by atoms with Crippen LogP contribution in [0.2, 0.25) is 0 Å². The maximum atomic E-state index is 13.3. The Hall–Kier alpha value is -3.27. The van der Waals surface area contributed by atoms with Gasteiger partial charge >= 0.3 is 18.0 Å². The van der Waals surface area contributed by atoms with E-state index in [1.54, 1.807) is 31.1 Å². The Balaban J connectivity index is 1.92. The third-order valence-corrected chi connectivity index (χ3v) is 6.53. The summed E-state index contributed by atoms with van der Waals surface area (Å²) < 4.78 is 10.7. The highest BCUT2D eigenvalue weighted by atomic mass is 16.5. The molecule has 2 unspecified atom stereocenters. The second-order valence-electron chi connectivity index (χ2n) is 10.4. The topological polar surface area (TPSA) is 103 Å². The molecule has 2 aliphatic heterocycles. The minimum absolute atomic E-state index is 0.0346. The number of benzene rings is 1. The predicted molar refractivity (Wildman–Crippen MR) is 141 cm³/mol. The Morgan fingerprint density at radius 3 is 2.35 bits per heavy atom. The molecule has 1 saturated heterocycles. The van der Waals surface area contributed by atoms with Crippen LogP contribution in [-0.2, 0) is 9.53 Å². The number of nitrogens with one attached hydrogen (secondary N) is 2. The lowest BCUT2D eigenvalue weighted by molar-refractivity contribution is -0.139. The molecule has 2 aliphatic rings. The van der Waals surface area contributed by atoms with E-state index in [1.165, 1.54) is 0 Å². The Labute approximate surface area is 219 Å². The van der Waals surface area contributed by atoms with Crippen LogP contribution in [0, 0.1) is 0 Å². The summed E-state index contributed by atoms with van der Waals surface area (Å²) in [5.74, 6) is 0.235. The normalized spacial score (nSPS) is 21.0. The molecule has 2 N–H and O–H groups in total. The standard InChI is InChI=1S/C27H41N5O5/c1-8-31-21(17-30-14-15-32(18(3)16-30)26(35)29-27(4,5)6)22(24(33)37-9-2)23(28-25(31)34)19-10-12-20(36-7)13-11-19/h10-13,18,23H,8-9,14-17H2,1-7H3,(H,28,34)(H,29,35). The van der Waals surface area contributed by atoms with Gasteiger partial charge in [0.25, 0.3) is 0 Å². The maximum Gasteiger partial charge on any atom is 0.338 e. The highest BCUT2D eigenvalue weighted by Gasteiger charge is 2.39. The maximum absolute atomic E-state index is 13.3. The highest BCUT2D eigenvalue weighted by Crippen LogP contribution is 2.33. The van der Waals surface area contributed by atoms with Crippen LogP contribution >= 0.6 is 0 Å². The van der Waals surface area contributed by atoms with E-state index < -0.39 is 12.0 Å². The Kier molecular flexibility index (Phi) is 9.07. The number of methoxy groups -OCH3 is 1. The zero-order valence-corrected chi connectivity index (χ0v) is 23.1. The molecule has 0 spiro atoms. The first-order chi connectivity index (χ1) is 17.5. The van der Waals surface area contributed by atoms with E-state index in [0.29, 0.717) is 49.7 Å². The molecule has 2 heterocycles. The monoisotopic (exact) mass is 515 g/mol. The van der Waals surface area contributed by atoms with E-state index in [1.807, 2.05) is 51.7 Å². The van der Waals surface area contributed by atoms with Crippen LogP contribution in [0.5, 0.6) is 5.75 Å². The molecular formula is C27H41N5O5. The van der Waals surface area contributed by atoms with Crippen molar-refractivity contribution in [3.05, 3.63) is 41.1 Å². The van der Waals surface area contributed by atoms with Crippen molar-refractivity contribution < 1.29 is 23.9 Å². The van der Waals surface area contributed by atoms with E-state index >= 15 is 0 Å². The van der Waals surface area contributed by atoms with Crippen LogP contribution in [0.3, 0.4) is 0 Å². The zero-order chi connectivity index (χ0) is 27.3. The van der Waals surface area contributed by atoms with Crippen molar-refractivity contribution in [2.24, 2.45) is 0 Å². The molecule has 37 heavy (non-hydrogen) atoms. The first-order valence-corrected chi connectivity index (χ1v) is 12.9. The lowest BCUT2D eigenvalue weighted by Gasteiger charge is -2.43. The number of carbonyl (C=O) groups excluding carboxylic acids is 3. The molecule has 1 fully saturated rings. The number of hydrogen-bond donors (Lipinski definition) is 2. The average Bonchev–Trinajstić information content (AvgIpc) is 2.83. The zero-order valence-electron chi connectivity index (χ0n) is 23.1. The number of ether oxygens (including phenoxy) is 2. The van der Waals surface area contributed by atoms with E-state index in [2.05, 4.69) is 15.5 Å². The van der Waals surface area contributed by atoms with Gasteiger partial charge in [-0.2, -0.15) is 0 Å². The molecule has 1 aromatic carbocycles. The molecule has 204 valence electrons. The fraction of sp³-hybridized carbons (Fsp3) is 0.593. The molecular weight excluding hydrogens is 474 g/mol. The number of rotatable bonds is 7. The van der Waals surface area contributed by atoms with Gasteiger partial charge in [-0.25, -0.2) is 14.4 Å². The summed E-state index contributed by atoms with van der Waals surface area (Å²) in [7, 11) is 1.59. The van der Waals surface area contributed by atoms with Crippen LogP contribution in [0.4, 0.5) is 9.59 Å². The van der Waals surface area contributed by atoms with Crippen molar-refractivity contribution in [1.29, 1.82) is 0 Å². The molecule has 10 heteroatoms. The van der Waals surface area contributed by atoms with Gasteiger partial charge in [0.1, 0.15) is 5.75 Å². The molecule has 3 rings (SSSR count). The number of amides is 4. The summed E-state index contributed by atoms with van der Waals surface area (Å²) in [6.07, 6.45) is 0. The van der Waals surface area contributed by atoms with Crippen molar-refractivity contribution in [3.63, 3.8) is 0 Å². The van der Waals surface area contributed by atoms with Crippen molar-refractivity contribution in [2.45, 2.75) is 59.2 Å². The molecule has 0 aliphatic carbocycles. The van der Waals surface area contributed by atoms with Gasteiger partial charge in [-0.15, -0.1) is 0 Å². The third kappa shape index (κ3) is 6.74.